The minimum atomic E-state index is -0.300. The molecule has 0 bridgehead atoms. The Balaban J connectivity index is 2.27. The van der Waals surface area contributed by atoms with E-state index in [0.717, 1.165) is 24.9 Å². The molecule has 0 saturated heterocycles. The minimum Gasteiger partial charge on any atom is -0.496 e. The Hall–Kier alpha value is -1.29. The lowest BCUT2D eigenvalue weighted by molar-refractivity contribution is 0.0890. The summed E-state index contributed by atoms with van der Waals surface area (Å²) in [4.78, 5) is 2.42. The summed E-state index contributed by atoms with van der Waals surface area (Å²) in [6, 6.07) is 3.81. The minimum absolute atomic E-state index is 0.276. The molecule has 0 spiro atoms. The van der Waals surface area contributed by atoms with E-state index in [2.05, 4.69) is 25.7 Å². The maximum atomic E-state index is 13.8. The van der Waals surface area contributed by atoms with Crippen LogP contribution in [0.3, 0.4) is 0 Å². The van der Waals surface area contributed by atoms with Crippen molar-refractivity contribution in [2.75, 3.05) is 20.3 Å². The molecule has 0 amide bonds. The summed E-state index contributed by atoms with van der Waals surface area (Å²) in [5.74, 6) is 0.776. The van der Waals surface area contributed by atoms with Gasteiger partial charge in [-0.2, -0.15) is 0 Å². The molecule has 0 unspecified atom stereocenters. The lowest BCUT2D eigenvalue weighted by atomic mass is 9.99. The standard InChI is InChI=1S/C16H24FNO2/c1-5-8-18(11(2)3)12-9-13-15(19-4)7-6-14(17)16(13)20-10-12/h6-7,11-12H,5,8-10H2,1-4H3/t12-/m1/s1. The molecular formula is C16H24FNO2. The molecule has 0 N–H and O–H groups in total. The van der Waals surface area contributed by atoms with Crippen molar-refractivity contribution in [2.24, 2.45) is 0 Å². The van der Waals surface area contributed by atoms with Crippen molar-refractivity contribution in [3.63, 3.8) is 0 Å². The number of nitrogens with zero attached hydrogens (tertiary/aromatic N) is 1. The molecule has 1 heterocycles. The molecule has 3 nitrogen and oxygen atoms in total. The molecule has 0 aliphatic carbocycles. The summed E-state index contributed by atoms with van der Waals surface area (Å²) in [5.41, 5.74) is 0.852. The Morgan fingerprint density at radius 1 is 1.45 bits per heavy atom. The Bertz CT molecular complexity index is 462. The summed E-state index contributed by atoms with van der Waals surface area (Å²) in [6.07, 6.45) is 1.87. The monoisotopic (exact) mass is 281 g/mol. The van der Waals surface area contributed by atoms with Gasteiger partial charge in [-0.3, -0.25) is 4.90 Å². The van der Waals surface area contributed by atoms with Crippen LogP contribution >= 0.6 is 0 Å². The number of benzene rings is 1. The Labute approximate surface area is 120 Å². The lowest BCUT2D eigenvalue weighted by Crippen LogP contribution is -2.47. The second-order valence-electron chi connectivity index (χ2n) is 5.56. The van der Waals surface area contributed by atoms with Crippen molar-refractivity contribution in [1.29, 1.82) is 0 Å². The molecule has 112 valence electrons. The van der Waals surface area contributed by atoms with E-state index in [1.807, 2.05) is 0 Å². The van der Waals surface area contributed by atoms with Gasteiger partial charge in [0.05, 0.1) is 7.11 Å². The lowest BCUT2D eigenvalue weighted by Gasteiger charge is -2.38. The van der Waals surface area contributed by atoms with Gasteiger partial charge in [0.25, 0.3) is 0 Å². The van der Waals surface area contributed by atoms with Crippen molar-refractivity contribution in [3.8, 4) is 11.5 Å². The Kier molecular flexibility index (Phi) is 4.86. The summed E-state index contributed by atoms with van der Waals surface area (Å²) in [7, 11) is 1.61. The van der Waals surface area contributed by atoms with Gasteiger partial charge in [-0.25, -0.2) is 4.39 Å². The third-order valence-electron chi connectivity index (χ3n) is 3.86. The van der Waals surface area contributed by atoms with Crippen LogP contribution in [0.2, 0.25) is 0 Å². The number of fused-ring (bicyclic) bond motifs is 1. The molecule has 2 rings (SSSR count). The SMILES string of the molecule is CCCN(C(C)C)[C@H]1COc2c(F)ccc(OC)c2C1. The first-order valence-corrected chi connectivity index (χ1v) is 7.32. The predicted octanol–water partition coefficient (Wildman–Crippen LogP) is 3.26. The first-order valence-electron chi connectivity index (χ1n) is 7.32. The van der Waals surface area contributed by atoms with Gasteiger partial charge in [0.1, 0.15) is 12.4 Å². The van der Waals surface area contributed by atoms with Gasteiger partial charge in [0.15, 0.2) is 11.6 Å². The predicted molar refractivity (Wildman–Crippen MR) is 78.1 cm³/mol. The van der Waals surface area contributed by atoms with Gasteiger partial charge in [-0.05, 0) is 45.4 Å². The second-order valence-corrected chi connectivity index (χ2v) is 5.56. The third-order valence-corrected chi connectivity index (χ3v) is 3.86. The average molecular weight is 281 g/mol. The highest BCUT2D eigenvalue weighted by Gasteiger charge is 2.30. The zero-order chi connectivity index (χ0) is 14.7. The van der Waals surface area contributed by atoms with Crippen molar-refractivity contribution >= 4 is 0 Å². The summed E-state index contributed by atoms with van der Waals surface area (Å²) in [5, 5.41) is 0. The van der Waals surface area contributed by atoms with Crippen LogP contribution in [0.25, 0.3) is 0 Å². The van der Waals surface area contributed by atoms with Crippen molar-refractivity contribution in [1.82, 2.24) is 4.90 Å². The Morgan fingerprint density at radius 2 is 2.20 bits per heavy atom. The van der Waals surface area contributed by atoms with E-state index in [9.17, 15) is 4.39 Å². The van der Waals surface area contributed by atoms with E-state index in [4.69, 9.17) is 9.47 Å². The maximum Gasteiger partial charge on any atom is 0.165 e. The van der Waals surface area contributed by atoms with Crippen LogP contribution in [0.5, 0.6) is 11.5 Å². The van der Waals surface area contributed by atoms with Crippen LogP contribution in [0.15, 0.2) is 12.1 Å². The molecule has 1 aromatic rings. The first-order chi connectivity index (χ1) is 9.58. The van der Waals surface area contributed by atoms with E-state index >= 15 is 0 Å². The summed E-state index contributed by atoms with van der Waals surface area (Å²) >= 11 is 0. The van der Waals surface area contributed by atoms with Gasteiger partial charge in [-0.1, -0.05) is 6.92 Å². The van der Waals surface area contributed by atoms with Crippen molar-refractivity contribution in [3.05, 3.63) is 23.5 Å². The fraction of sp³-hybridized carbons (Fsp3) is 0.625. The van der Waals surface area contributed by atoms with Crippen LogP contribution < -0.4 is 9.47 Å². The van der Waals surface area contributed by atoms with E-state index in [-0.39, 0.29) is 11.9 Å². The normalized spacial score (nSPS) is 18.1. The molecule has 1 aromatic carbocycles. The number of ether oxygens (including phenoxy) is 2. The summed E-state index contributed by atoms with van der Waals surface area (Å²) < 4.78 is 24.9. The highest BCUT2D eigenvalue weighted by Crippen LogP contribution is 2.36. The zero-order valence-corrected chi connectivity index (χ0v) is 12.8. The number of halogens is 1. The maximum absolute atomic E-state index is 13.8. The largest absolute Gasteiger partial charge is 0.496 e. The van der Waals surface area contributed by atoms with Crippen molar-refractivity contribution < 1.29 is 13.9 Å². The van der Waals surface area contributed by atoms with Crippen LogP contribution in [-0.4, -0.2) is 37.2 Å². The van der Waals surface area contributed by atoms with Crippen LogP contribution in [0.1, 0.15) is 32.8 Å². The molecule has 0 fully saturated rings. The first kappa shape index (κ1) is 15.1. The molecule has 1 aliphatic rings. The number of hydrogen-bond donors (Lipinski definition) is 0. The Morgan fingerprint density at radius 3 is 2.80 bits per heavy atom. The molecule has 0 aromatic heterocycles. The van der Waals surface area contributed by atoms with Gasteiger partial charge >= 0.3 is 0 Å². The fourth-order valence-corrected chi connectivity index (χ4v) is 2.93. The fourth-order valence-electron chi connectivity index (χ4n) is 2.93. The van der Waals surface area contributed by atoms with Gasteiger partial charge in [0, 0.05) is 17.6 Å². The van der Waals surface area contributed by atoms with E-state index in [1.54, 1.807) is 13.2 Å². The highest BCUT2D eigenvalue weighted by atomic mass is 19.1. The summed E-state index contributed by atoms with van der Waals surface area (Å²) in [6.45, 7) is 8.11. The van der Waals surface area contributed by atoms with E-state index in [0.29, 0.717) is 24.1 Å². The highest BCUT2D eigenvalue weighted by molar-refractivity contribution is 5.47. The number of methoxy groups -OCH3 is 1. The third kappa shape index (κ3) is 2.90. The quantitative estimate of drug-likeness (QED) is 0.827. The molecule has 0 radical (unpaired) electrons. The topological polar surface area (TPSA) is 21.7 Å². The van der Waals surface area contributed by atoms with Gasteiger partial charge < -0.3 is 9.47 Å². The van der Waals surface area contributed by atoms with Crippen LogP contribution in [0.4, 0.5) is 4.39 Å². The van der Waals surface area contributed by atoms with Gasteiger partial charge in [-0.15, -0.1) is 0 Å². The second kappa shape index (κ2) is 6.44. The van der Waals surface area contributed by atoms with Crippen LogP contribution in [0, 0.1) is 5.82 Å². The van der Waals surface area contributed by atoms with Crippen LogP contribution in [-0.2, 0) is 6.42 Å². The van der Waals surface area contributed by atoms with E-state index in [1.165, 1.54) is 6.07 Å². The molecule has 1 atom stereocenters. The molecule has 1 aliphatic heterocycles. The number of hydrogen-bond acceptors (Lipinski definition) is 3. The molecule has 20 heavy (non-hydrogen) atoms. The van der Waals surface area contributed by atoms with Gasteiger partial charge in [0.2, 0.25) is 0 Å². The zero-order valence-electron chi connectivity index (χ0n) is 12.8. The molecule has 0 saturated carbocycles. The van der Waals surface area contributed by atoms with E-state index < -0.39 is 0 Å². The smallest absolute Gasteiger partial charge is 0.165 e. The average Bonchev–Trinajstić information content (AvgIpc) is 2.44. The van der Waals surface area contributed by atoms with Crippen molar-refractivity contribution in [2.45, 2.75) is 45.7 Å². The molecular weight excluding hydrogens is 257 g/mol. The number of rotatable bonds is 5. The molecule has 4 heteroatoms.